The van der Waals surface area contributed by atoms with Crippen LogP contribution >= 0.6 is 0 Å². The van der Waals surface area contributed by atoms with Gasteiger partial charge < -0.3 is 27.4 Å². The topological polar surface area (TPSA) is 29.6 Å². The molecule has 0 fully saturated rings. The summed E-state index contributed by atoms with van der Waals surface area (Å²) in [5.74, 6) is 0. The van der Waals surface area contributed by atoms with Crippen LogP contribution in [-0.2, 0) is 0 Å². The Morgan fingerprint density at radius 1 is 0.179 bits per heavy atom. The first-order valence-electron chi connectivity index (χ1n) is 39.3. The van der Waals surface area contributed by atoms with E-state index < -0.39 is 0 Å². The second-order valence-electron chi connectivity index (χ2n) is 31.6. The van der Waals surface area contributed by atoms with Gasteiger partial charge in [-0.3, -0.25) is 0 Å². The first-order chi connectivity index (χ1) is 55.6. The Kier molecular flexibility index (Phi) is 11.5. The molecule has 0 radical (unpaired) electrons. The summed E-state index contributed by atoms with van der Waals surface area (Å²) in [4.78, 5) is 0. The van der Waals surface area contributed by atoms with Crippen LogP contribution in [0, 0.1) is 6.92 Å². The number of aryl methyl sites for hydroxylation is 1. The Bertz CT molecular complexity index is 7830. The number of nitrogens with zero attached hydrogens (tertiary/aromatic N) is 6. The standard InChI is InChI=1S/C37H23BN2.C36H21BN2.C30H17BN2/c1-22-10-2-3-11-24(22)23-20-33-35-34(21-23)40-32-19-7-5-13-26(32)28-15-9-17-30(37(28)40)38(35)29-16-8-14-27-25-12-4-6-18-31(25)39(33)36(27)29;1-2-10-22(11-3-1)23-20-32-34-33(21-23)39-31-19-7-5-13-25(31)27-15-9-17-29(36(27)39)37(34)28-16-8-14-26-24-12-4-6-18-30(24)38(32)35(26)28;1-3-14-24-18(8-1)20-10-5-12-22-29(20)32(24)26-16-7-17-27-28(26)31(22)23-13-6-11-21-19-9-2-4-15-25(19)33(27)30(21)23/h2-21H,1H3;1-21H;1-17H. The summed E-state index contributed by atoms with van der Waals surface area (Å²) in [5.41, 5.74) is 42.5. The van der Waals surface area contributed by atoms with Crippen molar-refractivity contribution in [3.63, 3.8) is 0 Å². The minimum Gasteiger partial charge on any atom is -0.310 e. The molecule has 0 saturated carbocycles. The van der Waals surface area contributed by atoms with Crippen LogP contribution in [0.1, 0.15) is 5.56 Å². The second kappa shape index (κ2) is 21.6. The summed E-state index contributed by atoms with van der Waals surface area (Å²) in [5, 5.41) is 15.9. The lowest BCUT2D eigenvalue weighted by molar-refractivity contribution is 1.14. The fraction of sp³-hybridized carbons (Fsp3) is 0.00971. The Morgan fingerprint density at radius 3 is 0.714 bits per heavy atom. The zero-order valence-corrected chi connectivity index (χ0v) is 60.9. The van der Waals surface area contributed by atoms with Gasteiger partial charge in [0.2, 0.25) is 0 Å². The molecule has 512 valence electrons. The fourth-order valence-electron chi connectivity index (χ4n) is 22.3. The van der Waals surface area contributed by atoms with Crippen molar-refractivity contribution >= 4 is 200 Å². The summed E-state index contributed by atoms with van der Waals surface area (Å²) in [6, 6.07) is 131. The van der Waals surface area contributed by atoms with Gasteiger partial charge in [0.1, 0.15) is 0 Å². The molecule has 6 aliphatic heterocycles. The van der Waals surface area contributed by atoms with E-state index in [0.717, 1.165) is 0 Å². The summed E-state index contributed by atoms with van der Waals surface area (Å²) in [6.07, 6.45) is 0. The lowest BCUT2D eigenvalue weighted by Crippen LogP contribution is -2.59. The SMILES string of the molecule is Cc1ccccc1-c1cc2c3c(c1)-n1c4ccccc4c4cccc(c41)B3c1cccc3c4ccccc4n-2c13.c1cc2c3c(c1)-n1c4ccccc4c4cccc(c41)B3c1cccc3c4ccccc4n-2c13.c1ccc(-c2cc3c4c(c2)-n2c5ccccc5c5cccc(c52)B4c2cccc4c5ccccc5n-3c24)cc1. The van der Waals surface area contributed by atoms with Gasteiger partial charge in [0, 0.05) is 132 Å². The van der Waals surface area contributed by atoms with E-state index in [-0.39, 0.29) is 20.1 Å². The van der Waals surface area contributed by atoms with Gasteiger partial charge in [0.25, 0.3) is 20.1 Å². The average Bonchev–Trinajstić information content (AvgIpc) is 1.50. The van der Waals surface area contributed by atoms with E-state index in [0.29, 0.717) is 0 Å². The molecular formula is C103H61B3N6. The molecule has 0 bridgehead atoms. The molecule has 0 amide bonds. The van der Waals surface area contributed by atoms with Crippen molar-refractivity contribution in [1.29, 1.82) is 0 Å². The molecular weight excluding hydrogens is 1350 g/mol. The Morgan fingerprint density at radius 2 is 0.411 bits per heavy atom. The number of hydrogen-bond acceptors (Lipinski definition) is 0. The Hall–Kier alpha value is -14.3. The predicted molar refractivity (Wildman–Crippen MR) is 475 cm³/mol. The summed E-state index contributed by atoms with van der Waals surface area (Å²) < 4.78 is 15.2. The summed E-state index contributed by atoms with van der Waals surface area (Å²) >= 11 is 0. The van der Waals surface area contributed by atoms with Crippen LogP contribution in [0.4, 0.5) is 0 Å². The molecule has 0 saturated heterocycles. The minimum atomic E-state index is 0.178. The van der Waals surface area contributed by atoms with Gasteiger partial charge in [-0.2, -0.15) is 0 Å². The maximum Gasteiger partial charge on any atom is 0.252 e. The molecule has 17 aromatic carbocycles. The highest BCUT2D eigenvalue weighted by atomic mass is 15.1. The third-order valence-corrected chi connectivity index (χ3v) is 26.4. The molecule has 0 atom stereocenters. The van der Waals surface area contributed by atoms with Crippen LogP contribution in [0.2, 0.25) is 0 Å². The van der Waals surface area contributed by atoms with Crippen LogP contribution in [0.3, 0.4) is 0 Å². The van der Waals surface area contributed by atoms with Gasteiger partial charge in [0.15, 0.2) is 0 Å². The summed E-state index contributed by atoms with van der Waals surface area (Å²) in [6.45, 7) is 2.82. The van der Waals surface area contributed by atoms with Crippen molar-refractivity contribution in [2.75, 3.05) is 0 Å². The molecule has 9 heteroatoms. The van der Waals surface area contributed by atoms with Crippen molar-refractivity contribution in [3.8, 4) is 56.4 Å². The zero-order valence-electron chi connectivity index (χ0n) is 60.9. The molecule has 0 unspecified atom stereocenters. The number of fused-ring (bicyclic) bond motifs is 30. The molecule has 0 N–H and O–H groups in total. The van der Waals surface area contributed by atoms with E-state index in [2.05, 4.69) is 386 Å². The highest BCUT2D eigenvalue weighted by molar-refractivity contribution is 7.02. The van der Waals surface area contributed by atoms with Crippen molar-refractivity contribution < 1.29 is 0 Å². The molecule has 6 nitrogen and oxygen atoms in total. The van der Waals surface area contributed by atoms with Crippen molar-refractivity contribution in [2.24, 2.45) is 0 Å². The van der Waals surface area contributed by atoms with Crippen LogP contribution in [0.15, 0.2) is 352 Å². The lowest BCUT2D eigenvalue weighted by atomic mass is 9.34. The van der Waals surface area contributed by atoms with Gasteiger partial charge in [-0.1, -0.05) is 279 Å². The van der Waals surface area contributed by atoms with E-state index in [9.17, 15) is 0 Å². The number of hydrogen-bond donors (Lipinski definition) is 0. The molecule has 29 rings (SSSR count). The van der Waals surface area contributed by atoms with E-state index in [1.807, 2.05) is 0 Å². The lowest BCUT2D eigenvalue weighted by Gasteiger charge is -2.34. The highest BCUT2D eigenvalue weighted by Gasteiger charge is 2.45. The fourth-order valence-corrected chi connectivity index (χ4v) is 22.3. The first kappa shape index (κ1) is 59.7. The van der Waals surface area contributed by atoms with Crippen LogP contribution in [0.5, 0.6) is 0 Å². The highest BCUT2D eigenvalue weighted by Crippen LogP contribution is 2.46. The normalized spacial score (nSPS) is 13.2. The largest absolute Gasteiger partial charge is 0.310 e. The smallest absolute Gasteiger partial charge is 0.252 e. The molecule has 0 spiro atoms. The van der Waals surface area contributed by atoms with Gasteiger partial charge in [-0.05, 0) is 157 Å². The zero-order chi connectivity index (χ0) is 72.6. The quantitative estimate of drug-likeness (QED) is 0.154. The average molecular weight is 1420 g/mol. The van der Waals surface area contributed by atoms with Crippen LogP contribution in [0.25, 0.3) is 187 Å². The molecule has 6 aromatic heterocycles. The van der Waals surface area contributed by atoms with Crippen LogP contribution < -0.4 is 49.2 Å². The van der Waals surface area contributed by atoms with Crippen molar-refractivity contribution in [1.82, 2.24) is 27.4 Å². The van der Waals surface area contributed by atoms with E-state index in [4.69, 9.17) is 0 Å². The number of para-hydroxylation sites is 12. The maximum atomic E-state index is 2.55. The molecule has 12 heterocycles. The van der Waals surface area contributed by atoms with Crippen molar-refractivity contribution in [3.05, 3.63) is 357 Å². The second-order valence-corrected chi connectivity index (χ2v) is 31.6. The monoisotopic (exact) mass is 1410 g/mol. The van der Waals surface area contributed by atoms with Gasteiger partial charge in [-0.15, -0.1) is 0 Å². The molecule has 23 aromatic rings. The van der Waals surface area contributed by atoms with Crippen molar-refractivity contribution in [2.45, 2.75) is 6.92 Å². The Labute approximate surface area is 644 Å². The molecule has 6 aliphatic rings. The van der Waals surface area contributed by atoms with Gasteiger partial charge in [-0.25, -0.2) is 0 Å². The third-order valence-electron chi connectivity index (χ3n) is 26.4. The molecule has 112 heavy (non-hydrogen) atoms. The van der Waals surface area contributed by atoms with Gasteiger partial charge in [0.05, 0.1) is 33.1 Å². The first-order valence-corrected chi connectivity index (χ1v) is 39.3. The number of benzene rings is 17. The minimum absolute atomic E-state index is 0.178. The van der Waals surface area contributed by atoms with E-state index in [1.165, 1.54) is 242 Å². The summed E-state index contributed by atoms with van der Waals surface area (Å²) in [7, 11) is 0. The van der Waals surface area contributed by atoms with Gasteiger partial charge >= 0.3 is 0 Å². The van der Waals surface area contributed by atoms with E-state index >= 15 is 0 Å². The predicted octanol–water partition coefficient (Wildman–Crippen LogP) is 18.7. The molecule has 0 aliphatic carbocycles. The number of rotatable bonds is 2. The number of aromatic nitrogens is 6. The third kappa shape index (κ3) is 7.40. The van der Waals surface area contributed by atoms with E-state index in [1.54, 1.807) is 0 Å². The Balaban J connectivity index is 0.0000000915. The maximum absolute atomic E-state index is 2.55. The van der Waals surface area contributed by atoms with Crippen LogP contribution in [-0.4, -0.2) is 47.5 Å².